The number of rotatable bonds is 5. The number of ether oxygens (including phenoxy) is 1. The highest BCUT2D eigenvalue weighted by molar-refractivity contribution is 5.82. The normalized spacial score (nSPS) is 20.1. The fourth-order valence-corrected chi connectivity index (χ4v) is 2.13. The van der Waals surface area contributed by atoms with E-state index in [1.165, 1.54) is 6.08 Å². The van der Waals surface area contributed by atoms with Crippen LogP contribution in [0.4, 0.5) is 0 Å². The van der Waals surface area contributed by atoms with Gasteiger partial charge in [0.2, 0.25) is 0 Å². The third kappa shape index (κ3) is 4.41. The van der Waals surface area contributed by atoms with E-state index in [-0.39, 0.29) is 17.8 Å². The van der Waals surface area contributed by atoms with Gasteiger partial charge >= 0.3 is 5.97 Å². The zero-order valence-corrected chi connectivity index (χ0v) is 10.7. The lowest BCUT2D eigenvalue weighted by Crippen LogP contribution is -2.25. The lowest BCUT2D eigenvalue weighted by atomic mass is 10.0. The molecule has 0 saturated heterocycles. The van der Waals surface area contributed by atoms with E-state index < -0.39 is 6.10 Å². The van der Waals surface area contributed by atoms with Crippen molar-refractivity contribution in [2.24, 2.45) is 0 Å². The molecule has 2 rings (SSSR count). The zero-order chi connectivity index (χ0) is 13.7. The maximum absolute atomic E-state index is 11.1. The van der Waals surface area contributed by atoms with Crippen molar-refractivity contribution in [1.82, 2.24) is 0 Å². The van der Waals surface area contributed by atoms with Crippen LogP contribution >= 0.6 is 0 Å². The van der Waals surface area contributed by atoms with Crippen molar-refractivity contribution in [2.75, 3.05) is 0 Å². The molecule has 0 amide bonds. The van der Waals surface area contributed by atoms with Crippen LogP contribution in [0, 0.1) is 0 Å². The van der Waals surface area contributed by atoms with Gasteiger partial charge in [-0.2, -0.15) is 0 Å². The Morgan fingerprint density at radius 3 is 2.74 bits per heavy atom. The Morgan fingerprint density at radius 2 is 2.05 bits per heavy atom. The van der Waals surface area contributed by atoms with E-state index in [0.29, 0.717) is 19.3 Å². The molecule has 0 fully saturated rings. The van der Waals surface area contributed by atoms with Crippen LogP contribution in [0.1, 0.15) is 24.8 Å². The van der Waals surface area contributed by atoms with Crippen molar-refractivity contribution in [3.05, 3.63) is 42.0 Å². The van der Waals surface area contributed by atoms with Crippen molar-refractivity contribution in [2.45, 2.75) is 37.9 Å². The molecule has 1 aromatic rings. The van der Waals surface area contributed by atoms with E-state index in [1.807, 2.05) is 12.1 Å². The minimum absolute atomic E-state index is 0.215. The van der Waals surface area contributed by atoms with Crippen LogP contribution in [0.2, 0.25) is 0 Å². The summed E-state index contributed by atoms with van der Waals surface area (Å²) < 4.78 is 5.11. The quantitative estimate of drug-likeness (QED) is 0.796. The van der Waals surface area contributed by atoms with Gasteiger partial charge in [0.25, 0.3) is 0 Å². The minimum Gasteiger partial charge on any atom is -0.508 e. The van der Waals surface area contributed by atoms with Gasteiger partial charge in [0, 0.05) is 18.9 Å². The van der Waals surface area contributed by atoms with Gasteiger partial charge in [0.15, 0.2) is 0 Å². The molecule has 1 aromatic carbocycles. The number of hydrogen-bond donors (Lipinski definition) is 2. The van der Waals surface area contributed by atoms with Crippen LogP contribution in [-0.2, 0) is 16.0 Å². The standard InChI is InChI=1S/C15H18O4/c16-12-7-4-11(5-8-12)6-9-13(17)10-14-2-1-3-15(18)19-14/h1,3-5,7-8,13-14,16-17H,2,6,9-10H2/t13-,14-/m0/s1. The number of cyclic esters (lactones) is 1. The molecule has 1 aliphatic rings. The number of carbonyl (C=O) groups is 1. The second kappa shape index (κ2) is 6.38. The summed E-state index contributed by atoms with van der Waals surface area (Å²) in [5.74, 6) is -0.0906. The summed E-state index contributed by atoms with van der Waals surface area (Å²) in [5.41, 5.74) is 1.07. The number of aryl methyl sites for hydroxylation is 1. The highest BCUT2D eigenvalue weighted by Gasteiger charge is 2.19. The second-order valence-corrected chi connectivity index (χ2v) is 4.79. The van der Waals surface area contributed by atoms with Gasteiger partial charge in [-0.25, -0.2) is 4.79 Å². The number of hydrogen-bond acceptors (Lipinski definition) is 4. The predicted molar refractivity (Wildman–Crippen MR) is 70.7 cm³/mol. The van der Waals surface area contributed by atoms with Crippen molar-refractivity contribution in [1.29, 1.82) is 0 Å². The van der Waals surface area contributed by atoms with Crippen molar-refractivity contribution in [3.63, 3.8) is 0 Å². The molecular weight excluding hydrogens is 244 g/mol. The number of aliphatic hydroxyl groups is 1. The second-order valence-electron chi connectivity index (χ2n) is 4.79. The third-order valence-corrected chi connectivity index (χ3v) is 3.17. The molecule has 2 N–H and O–H groups in total. The number of benzene rings is 1. The SMILES string of the molecule is O=C1C=CC[C@@H](C[C@@H](O)CCc2ccc(O)cc2)O1. The predicted octanol–water partition coefficient (Wildman–Crippen LogP) is 1.95. The largest absolute Gasteiger partial charge is 0.508 e. The van der Waals surface area contributed by atoms with Gasteiger partial charge < -0.3 is 14.9 Å². The van der Waals surface area contributed by atoms with Gasteiger partial charge in [-0.05, 0) is 30.5 Å². The molecule has 1 aliphatic heterocycles. The Kier molecular flexibility index (Phi) is 4.58. The number of aliphatic hydroxyl groups excluding tert-OH is 1. The van der Waals surface area contributed by atoms with Crippen LogP contribution in [0.15, 0.2) is 36.4 Å². The minimum atomic E-state index is -0.488. The first-order valence-electron chi connectivity index (χ1n) is 6.46. The highest BCUT2D eigenvalue weighted by Crippen LogP contribution is 2.17. The molecule has 4 nitrogen and oxygen atoms in total. The summed E-state index contributed by atoms with van der Waals surface area (Å²) in [6, 6.07) is 6.95. The van der Waals surface area contributed by atoms with Crippen LogP contribution < -0.4 is 0 Å². The molecule has 0 bridgehead atoms. The lowest BCUT2D eigenvalue weighted by molar-refractivity contribution is -0.145. The maximum atomic E-state index is 11.1. The average Bonchev–Trinajstić information content (AvgIpc) is 2.38. The summed E-state index contributed by atoms with van der Waals surface area (Å²) in [6.07, 6.45) is 4.98. The van der Waals surface area contributed by atoms with Crippen LogP contribution in [-0.4, -0.2) is 28.4 Å². The summed E-state index contributed by atoms with van der Waals surface area (Å²) in [4.78, 5) is 11.1. The first kappa shape index (κ1) is 13.6. The van der Waals surface area contributed by atoms with E-state index in [0.717, 1.165) is 12.0 Å². The van der Waals surface area contributed by atoms with Gasteiger partial charge in [-0.15, -0.1) is 0 Å². The Bertz CT molecular complexity index is 450. The molecular formula is C15H18O4. The van der Waals surface area contributed by atoms with Crippen LogP contribution in [0.25, 0.3) is 0 Å². The molecule has 19 heavy (non-hydrogen) atoms. The Morgan fingerprint density at radius 1 is 1.32 bits per heavy atom. The number of esters is 1. The Labute approximate surface area is 112 Å². The van der Waals surface area contributed by atoms with Gasteiger partial charge in [0.05, 0.1) is 6.10 Å². The molecule has 4 heteroatoms. The Balaban J connectivity index is 1.75. The molecule has 2 atom stereocenters. The lowest BCUT2D eigenvalue weighted by Gasteiger charge is -2.21. The monoisotopic (exact) mass is 262 g/mol. The highest BCUT2D eigenvalue weighted by atomic mass is 16.5. The zero-order valence-electron chi connectivity index (χ0n) is 10.7. The molecule has 0 radical (unpaired) electrons. The number of phenols is 1. The van der Waals surface area contributed by atoms with Gasteiger partial charge in [-0.3, -0.25) is 0 Å². The average molecular weight is 262 g/mol. The van der Waals surface area contributed by atoms with E-state index in [2.05, 4.69) is 0 Å². The summed E-state index contributed by atoms with van der Waals surface area (Å²) in [6.45, 7) is 0. The summed E-state index contributed by atoms with van der Waals surface area (Å²) in [7, 11) is 0. The molecule has 0 saturated carbocycles. The molecule has 0 unspecified atom stereocenters. The first-order chi connectivity index (χ1) is 9.13. The Hall–Kier alpha value is -1.81. The van der Waals surface area contributed by atoms with Crippen molar-refractivity contribution in [3.8, 4) is 5.75 Å². The van der Waals surface area contributed by atoms with E-state index in [9.17, 15) is 15.0 Å². The van der Waals surface area contributed by atoms with E-state index >= 15 is 0 Å². The van der Waals surface area contributed by atoms with Gasteiger partial charge in [0.1, 0.15) is 11.9 Å². The van der Waals surface area contributed by atoms with E-state index in [1.54, 1.807) is 18.2 Å². The fraction of sp³-hybridized carbons (Fsp3) is 0.400. The number of aromatic hydroxyl groups is 1. The molecule has 0 aliphatic carbocycles. The third-order valence-electron chi connectivity index (χ3n) is 3.17. The molecule has 1 heterocycles. The first-order valence-corrected chi connectivity index (χ1v) is 6.46. The van der Waals surface area contributed by atoms with Crippen LogP contribution in [0.3, 0.4) is 0 Å². The van der Waals surface area contributed by atoms with Gasteiger partial charge in [-0.1, -0.05) is 18.2 Å². The summed E-state index contributed by atoms with van der Waals surface area (Å²) in [5, 5.41) is 19.1. The number of carbonyl (C=O) groups excluding carboxylic acids is 1. The number of phenolic OH excluding ortho intramolecular Hbond substituents is 1. The molecule has 0 spiro atoms. The van der Waals surface area contributed by atoms with Crippen molar-refractivity contribution >= 4 is 5.97 Å². The smallest absolute Gasteiger partial charge is 0.330 e. The summed E-state index contributed by atoms with van der Waals surface area (Å²) >= 11 is 0. The van der Waals surface area contributed by atoms with E-state index in [4.69, 9.17) is 4.74 Å². The molecule has 102 valence electrons. The molecule has 0 aromatic heterocycles. The fourth-order valence-electron chi connectivity index (χ4n) is 2.13. The maximum Gasteiger partial charge on any atom is 0.330 e. The van der Waals surface area contributed by atoms with Crippen molar-refractivity contribution < 1.29 is 19.7 Å². The van der Waals surface area contributed by atoms with Crippen LogP contribution in [0.5, 0.6) is 5.75 Å². The topological polar surface area (TPSA) is 66.8 Å².